The number of halogens is 1. The van der Waals surface area contributed by atoms with Crippen LogP contribution in [0.3, 0.4) is 0 Å². The van der Waals surface area contributed by atoms with Gasteiger partial charge in [0.05, 0.1) is 6.10 Å². The maximum Gasteiger partial charge on any atom is 0.251 e. The lowest BCUT2D eigenvalue weighted by Gasteiger charge is -2.12. The van der Waals surface area contributed by atoms with Gasteiger partial charge >= 0.3 is 0 Å². The number of carbonyl (C=O) groups is 1. The van der Waals surface area contributed by atoms with Gasteiger partial charge in [-0.25, -0.2) is 4.39 Å². The molecule has 0 saturated heterocycles. The van der Waals surface area contributed by atoms with E-state index >= 15 is 0 Å². The molecule has 0 unspecified atom stereocenters. The molecule has 0 aliphatic rings. The normalized spacial score (nSPS) is 10.8. The lowest BCUT2D eigenvalue weighted by molar-refractivity contribution is 0.0942. The molecule has 0 heterocycles. The Kier molecular flexibility index (Phi) is 4.49. The highest BCUT2D eigenvalue weighted by Gasteiger charge is 2.11. The third kappa shape index (κ3) is 4.06. The standard InChI is InChI=1S/C13H18FNO2/c1-8(2)15-13(16)10-5-6-12(11(14)7-10)17-9(3)4/h5-9H,1-4H3,(H,15,16). The molecular weight excluding hydrogens is 221 g/mol. The molecule has 3 nitrogen and oxygen atoms in total. The van der Waals surface area contributed by atoms with Gasteiger partial charge in [0.25, 0.3) is 5.91 Å². The van der Waals surface area contributed by atoms with Crippen molar-refractivity contribution in [3.05, 3.63) is 29.6 Å². The Balaban J connectivity index is 2.85. The lowest BCUT2D eigenvalue weighted by atomic mass is 10.2. The van der Waals surface area contributed by atoms with E-state index in [4.69, 9.17) is 4.74 Å². The summed E-state index contributed by atoms with van der Waals surface area (Å²) in [5.74, 6) is -0.633. The second-order valence-corrected chi connectivity index (χ2v) is 4.44. The van der Waals surface area contributed by atoms with E-state index in [1.165, 1.54) is 12.1 Å². The predicted octanol–water partition coefficient (Wildman–Crippen LogP) is 2.75. The Labute approximate surface area is 101 Å². The van der Waals surface area contributed by atoms with Crippen molar-refractivity contribution in [3.8, 4) is 5.75 Å². The molecule has 0 aromatic heterocycles. The molecule has 0 saturated carbocycles. The average molecular weight is 239 g/mol. The Morgan fingerprint density at radius 1 is 1.29 bits per heavy atom. The van der Waals surface area contributed by atoms with Crippen molar-refractivity contribution >= 4 is 5.91 Å². The molecule has 17 heavy (non-hydrogen) atoms. The third-order valence-electron chi connectivity index (χ3n) is 1.98. The van der Waals surface area contributed by atoms with Crippen LogP contribution in [0, 0.1) is 5.82 Å². The van der Waals surface area contributed by atoms with Crippen LogP contribution >= 0.6 is 0 Å². The fourth-order valence-electron chi connectivity index (χ4n) is 1.34. The van der Waals surface area contributed by atoms with Gasteiger partial charge < -0.3 is 10.1 Å². The highest BCUT2D eigenvalue weighted by atomic mass is 19.1. The summed E-state index contributed by atoms with van der Waals surface area (Å²) in [5, 5.41) is 2.70. The van der Waals surface area contributed by atoms with Crippen molar-refractivity contribution in [2.24, 2.45) is 0 Å². The molecule has 0 spiro atoms. The van der Waals surface area contributed by atoms with Crippen LogP contribution in [0.25, 0.3) is 0 Å². The molecule has 0 fully saturated rings. The largest absolute Gasteiger partial charge is 0.488 e. The SMILES string of the molecule is CC(C)NC(=O)c1ccc(OC(C)C)c(F)c1. The van der Waals surface area contributed by atoms with Gasteiger partial charge in [0.15, 0.2) is 11.6 Å². The average Bonchev–Trinajstić information content (AvgIpc) is 2.19. The zero-order valence-corrected chi connectivity index (χ0v) is 10.6. The van der Waals surface area contributed by atoms with Crippen LogP contribution in [0.2, 0.25) is 0 Å². The minimum atomic E-state index is -0.518. The fourth-order valence-corrected chi connectivity index (χ4v) is 1.34. The maximum absolute atomic E-state index is 13.6. The monoisotopic (exact) mass is 239 g/mol. The van der Waals surface area contributed by atoms with Crippen LogP contribution in [0.15, 0.2) is 18.2 Å². The number of ether oxygens (including phenoxy) is 1. The first-order valence-corrected chi connectivity index (χ1v) is 5.67. The molecule has 0 radical (unpaired) electrons. The van der Waals surface area contributed by atoms with Crippen LogP contribution in [-0.2, 0) is 0 Å². The van der Waals surface area contributed by atoms with Gasteiger partial charge in [-0.3, -0.25) is 4.79 Å². The molecule has 0 aliphatic carbocycles. The summed E-state index contributed by atoms with van der Waals surface area (Å²) in [6.07, 6.45) is -0.0974. The molecule has 1 aromatic rings. The minimum Gasteiger partial charge on any atom is -0.488 e. The minimum absolute atomic E-state index is 0.0251. The third-order valence-corrected chi connectivity index (χ3v) is 1.98. The van der Waals surface area contributed by atoms with E-state index in [1.807, 2.05) is 27.7 Å². The molecule has 94 valence electrons. The molecule has 0 aliphatic heterocycles. The second-order valence-electron chi connectivity index (χ2n) is 4.44. The molecule has 1 rings (SSSR count). The summed E-state index contributed by atoms with van der Waals surface area (Å²) in [6, 6.07) is 4.25. The number of benzene rings is 1. The Hall–Kier alpha value is -1.58. The molecule has 1 amide bonds. The number of rotatable bonds is 4. The van der Waals surface area contributed by atoms with Gasteiger partial charge in [0.1, 0.15) is 0 Å². The fraction of sp³-hybridized carbons (Fsp3) is 0.462. The molecule has 0 bridgehead atoms. The number of amides is 1. The van der Waals surface area contributed by atoms with E-state index in [1.54, 1.807) is 6.07 Å². The second kappa shape index (κ2) is 5.66. The van der Waals surface area contributed by atoms with Gasteiger partial charge in [-0.2, -0.15) is 0 Å². The number of carbonyl (C=O) groups excluding carboxylic acids is 1. The van der Waals surface area contributed by atoms with E-state index in [2.05, 4.69) is 5.32 Å². The van der Waals surface area contributed by atoms with Crippen LogP contribution in [0.5, 0.6) is 5.75 Å². The van der Waals surface area contributed by atoms with Gasteiger partial charge in [-0.05, 0) is 45.9 Å². The van der Waals surface area contributed by atoms with Crippen molar-refractivity contribution in [2.75, 3.05) is 0 Å². The Morgan fingerprint density at radius 2 is 1.94 bits per heavy atom. The van der Waals surface area contributed by atoms with Crippen molar-refractivity contribution in [3.63, 3.8) is 0 Å². The molecule has 1 aromatic carbocycles. The Morgan fingerprint density at radius 3 is 2.41 bits per heavy atom. The highest BCUT2D eigenvalue weighted by Crippen LogP contribution is 2.19. The topological polar surface area (TPSA) is 38.3 Å². The summed E-state index contributed by atoms with van der Waals surface area (Å²) >= 11 is 0. The molecule has 0 atom stereocenters. The zero-order chi connectivity index (χ0) is 13.0. The van der Waals surface area contributed by atoms with E-state index in [0.717, 1.165) is 0 Å². The number of hydrogen-bond donors (Lipinski definition) is 1. The van der Waals surface area contributed by atoms with Gasteiger partial charge in [-0.1, -0.05) is 0 Å². The van der Waals surface area contributed by atoms with E-state index in [-0.39, 0.29) is 23.8 Å². The van der Waals surface area contributed by atoms with Crippen molar-refractivity contribution < 1.29 is 13.9 Å². The van der Waals surface area contributed by atoms with E-state index in [9.17, 15) is 9.18 Å². The first-order valence-electron chi connectivity index (χ1n) is 5.67. The van der Waals surface area contributed by atoms with Crippen LogP contribution in [0.1, 0.15) is 38.1 Å². The summed E-state index contributed by atoms with van der Waals surface area (Å²) in [4.78, 5) is 11.6. The lowest BCUT2D eigenvalue weighted by Crippen LogP contribution is -2.30. The molecule has 4 heteroatoms. The molecule has 1 N–H and O–H groups in total. The van der Waals surface area contributed by atoms with Crippen LogP contribution in [-0.4, -0.2) is 18.1 Å². The first kappa shape index (κ1) is 13.5. The quantitative estimate of drug-likeness (QED) is 0.877. The smallest absolute Gasteiger partial charge is 0.251 e. The number of hydrogen-bond acceptors (Lipinski definition) is 2. The summed E-state index contributed by atoms with van der Waals surface area (Å²) in [7, 11) is 0. The van der Waals surface area contributed by atoms with Crippen molar-refractivity contribution in [1.82, 2.24) is 5.32 Å². The van der Waals surface area contributed by atoms with E-state index < -0.39 is 5.82 Å². The summed E-state index contributed by atoms with van der Waals surface area (Å²) < 4.78 is 18.9. The highest BCUT2D eigenvalue weighted by molar-refractivity contribution is 5.94. The molecular formula is C13H18FNO2. The maximum atomic E-state index is 13.6. The van der Waals surface area contributed by atoms with E-state index in [0.29, 0.717) is 5.56 Å². The van der Waals surface area contributed by atoms with Crippen LogP contribution < -0.4 is 10.1 Å². The van der Waals surface area contributed by atoms with Crippen LogP contribution in [0.4, 0.5) is 4.39 Å². The van der Waals surface area contributed by atoms with Crippen molar-refractivity contribution in [1.29, 1.82) is 0 Å². The van der Waals surface area contributed by atoms with Gasteiger partial charge in [-0.15, -0.1) is 0 Å². The summed E-state index contributed by atoms with van der Waals surface area (Å²) in [5.41, 5.74) is 0.298. The predicted molar refractivity (Wildman–Crippen MR) is 64.8 cm³/mol. The number of nitrogens with one attached hydrogen (secondary N) is 1. The zero-order valence-electron chi connectivity index (χ0n) is 10.6. The Bertz CT molecular complexity index is 402. The van der Waals surface area contributed by atoms with Gasteiger partial charge in [0, 0.05) is 11.6 Å². The first-order chi connectivity index (χ1) is 7.90. The van der Waals surface area contributed by atoms with Crippen molar-refractivity contribution in [2.45, 2.75) is 39.8 Å². The summed E-state index contributed by atoms with van der Waals surface area (Å²) in [6.45, 7) is 7.34. The van der Waals surface area contributed by atoms with Gasteiger partial charge in [0.2, 0.25) is 0 Å².